The number of nitrogens with zero attached hydrogens (tertiary/aromatic N) is 1. The third-order valence-electron chi connectivity index (χ3n) is 3.71. The van der Waals surface area contributed by atoms with E-state index in [9.17, 15) is 19.5 Å². The number of unbranched alkanes of at least 4 members (excludes halogenated alkanes) is 1. The van der Waals surface area contributed by atoms with Gasteiger partial charge >= 0.3 is 5.97 Å². The van der Waals surface area contributed by atoms with Crippen LogP contribution in [0.4, 0.5) is 5.95 Å². The first-order chi connectivity index (χ1) is 12.2. The van der Waals surface area contributed by atoms with Gasteiger partial charge in [0.25, 0.3) is 5.56 Å². The van der Waals surface area contributed by atoms with Gasteiger partial charge in [-0.2, -0.15) is 4.98 Å². The lowest BCUT2D eigenvalue weighted by molar-refractivity contribution is -0.147. The summed E-state index contributed by atoms with van der Waals surface area (Å²) in [5.41, 5.74) is 4.99. The molecule has 1 heterocycles. The Morgan fingerprint density at radius 1 is 1.35 bits per heavy atom. The van der Waals surface area contributed by atoms with Crippen molar-refractivity contribution in [1.29, 1.82) is 0 Å². The molecule has 0 saturated carbocycles. The molecular formula is C17H28N4O5. The summed E-state index contributed by atoms with van der Waals surface area (Å²) in [4.78, 5) is 41.6. The van der Waals surface area contributed by atoms with Crippen LogP contribution in [-0.2, 0) is 20.7 Å². The highest BCUT2D eigenvalue weighted by atomic mass is 16.5. The zero-order valence-electron chi connectivity index (χ0n) is 15.5. The Morgan fingerprint density at radius 3 is 2.62 bits per heavy atom. The summed E-state index contributed by atoms with van der Waals surface area (Å²) in [5, 5.41) is 12.4. The lowest BCUT2D eigenvalue weighted by Crippen LogP contribution is -2.42. The average Bonchev–Trinajstić information content (AvgIpc) is 2.52. The van der Waals surface area contributed by atoms with E-state index in [-0.39, 0.29) is 42.8 Å². The van der Waals surface area contributed by atoms with Gasteiger partial charge < -0.3 is 20.9 Å². The van der Waals surface area contributed by atoms with Crippen molar-refractivity contribution in [3.8, 4) is 5.88 Å². The molecule has 0 saturated heterocycles. The van der Waals surface area contributed by atoms with Crippen molar-refractivity contribution in [3.05, 3.63) is 15.9 Å². The zero-order chi connectivity index (χ0) is 19.7. The molecule has 1 rings (SSSR count). The minimum atomic E-state index is -0.657. The Labute approximate surface area is 152 Å². The van der Waals surface area contributed by atoms with E-state index in [1.54, 1.807) is 6.92 Å². The maximum atomic E-state index is 12.1. The second kappa shape index (κ2) is 10.4. The normalized spacial score (nSPS) is 12.0. The van der Waals surface area contributed by atoms with E-state index in [2.05, 4.69) is 15.3 Å². The predicted molar refractivity (Wildman–Crippen MR) is 96.5 cm³/mol. The summed E-state index contributed by atoms with van der Waals surface area (Å²) in [5.74, 6) is -0.991. The van der Waals surface area contributed by atoms with Gasteiger partial charge in [-0.05, 0) is 38.5 Å². The van der Waals surface area contributed by atoms with Crippen LogP contribution >= 0.6 is 0 Å². The molecular weight excluding hydrogens is 340 g/mol. The lowest BCUT2D eigenvalue weighted by Gasteiger charge is -2.19. The van der Waals surface area contributed by atoms with Crippen molar-refractivity contribution in [1.82, 2.24) is 15.3 Å². The number of aromatic amines is 1. The molecule has 0 aliphatic carbocycles. The maximum absolute atomic E-state index is 12.1. The van der Waals surface area contributed by atoms with Crippen LogP contribution in [0.15, 0.2) is 4.79 Å². The predicted octanol–water partition coefficient (Wildman–Crippen LogP) is 0.865. The fourth-order valence-electron chi connectivity index (χ4n) is 2.51. The van der Waals surface area contributed by atoms with Crippen LogP contribution in [0.1, 0.15) is 52.0 Å². The molecule has 1 atom stereocenters. The van der Waals surface area contributed by atoms with E-state index in [0.717, 1.165) is 0 Å². The molecule has 146 valence electrons. The second-order valence-corrected chi connectivity index (χ2v) is 6.46. The number of nitrogen functional groups attached to an aromatic ring is 1. The first-order valence-corrected chi connectivity index (χ1v) is 8.78. The number of nitrogens with one attached hydrogen (secondary N) is 2. The van der Waals surface area contributed by atoms with E-state index in [1.165, 1.54) is 0 Å². The molecule has 0 spiro atoms. The van der Waals surface area contributed by atoms with Gasteiger partial charge in [0.05, 0.1) is 12.2 Å². The first-order valence-electron chi connectivity index (χ1n) is 8.78. The number of H-pyrrole nitrogens is 1. The van der Waals surface area contributed by atoms with Crippen molar-refractivity contribution >= 4 is 17.8 Å². The second-order valence-electron chi connectivity index (χ2n) is 6.46. The lowest BCUT2D eigenvalue weighted by atomic mass is 10.0. The number of anilines is 1. The molecule has 1 aromatic heterocycles. The molecule has 0 unspecified atom stereocenters. The minimum Gasteiger partial charge on any atom is -0.493 e. The van der Waals surface area contributed by atoms with Gasteiger partial charge in [0, 0.05) is 6.42 Å². The van der Waals surface area contributed by atoms with Gasteiger partial charge in [-0.1, -0.05) is 13.8 Å². The van der Waals surface area contributed by atoms with E-state index in [1.807, 2.05) is 13.8 Å². The summed E-state index contributed by atoms with van der Waals surface area (Å²) in [6.07, 6.45) is 1.98. The van der Waals surface area contributed by atoms with E-state index in [4.69, 9.17) is 10.5 Å². The van der Waals surface area contributed by atoms with Crippen LogP contribution in [0.3, 0.4) is 0 Å². The third-order valence-corrected chi connectivity index (χ3v) is 3.71. The van der Waals surface area contributed by atoms with Crippen LogP contribution < -0.4 is 16.6 Å². The maximum Gasteiger partial charge on any atom is 0.328 e. The smallest absolute Gasteiger partial charge is 0.328 e. The topological polar surface area (TPSA) is 147 Å². The zero-order valence-corrected chi connectivity index (χ0v) is 15.5. The largest absolute Gasteiger partial charge is 0.493 e. The first kappa shape index (κ1) is 21.5. The van der Waals surface area contributed by atoms with E-state index >= 15 is 0 Å². The Balaban J connectivity index is 2.48. The summed E-state index contributed by atoms with van der Waals surface area (Å²) in [7, 11) is 0. The van der Waals surface area contributed by atoms with Gasteiger partial charge in [-0.15, -0.1) is 0 Å². The molecule has 9 nitrogen and oxygen atoms in total. The van der Waals surface area contributed by atoms with Crippen LogP contribution in [0.5, 0.6) is 5.88 Å². The van der Waals surface area contributed by atoms with Gasteiger partial charge in [-0.25, -0.2) is 4.79 Å². The third kappa shape index (κ3) is 7.12. The number of ether oxygens (including phenoxy) is 1. The Morgan fingerprint density at radius 2 is 2.04 bits per heavy atom. The Bertz CT molecular complexity index is 672. The highest BCUT2D eigenvalue weighted by Gasteiger charge is 2.22. The molecule has 0 radical (unpaired) electrons. The number of amides is 1. The van der Waals surface area contributed by atoms with E-state index in [0.29, 0.717) is 19.3 Å². The summed E-state index contributed by atoms with van der Waals surface area (Å²) in [6, 6.07) is -0.657. The van der Waals surface area contributed by atoms with Crippen molar-refractivity contribution in [2.75, 3.05) is 12.3 Å². The Hall–Kier alpha value is -2.58. The standard InChI is InChI=1S/C17H28N4O5/c1-4-26-16(25)12(9-10(2)3)19-13(22)8-6-5-7-11-14(23)20-17(18)21-15(11)24/h10,12H,4-9H2,1-3H3,(H,19,22)(H4,18,20,21,23,24)/t12-/m1/s1. The molecule has 26 heavy (non-hydrogen) atoms. The number of hydrogen-bond acceptors (Lipinski definition) is 7. The van der Waals surface area contributed by atoms with Crippen LogP contribution in [0.2, 0.25) is 0 Å². The number of carbonyl (C=O) groups excluding carboxylic acids is 2. The molecule has 0 fully saturated rings. The molecule has 0 aliphatic heterocycles. The number of nitrogens with two attached hydrogens (primary N) is 1. The molecule has 9 heteroatoms. The summed E-state index contributed by atoms with van der Waals surface area (Å²) >= 11 is 0. The number of hydrogen-bond donors (Lipinski definition) is 4. The van der Waals surface area contributed by atoms with Gasteiger partial charge in [0.15, 0.2) is 0 Å². The SMILES string of the molecule is CCOC(=O)[C@@H](CC(C)C)NC(=O)CCCCc1c(O)nc(N)[nH]c1=O. The molecule has 1 amide bonds. The summed E-state index contributed by atoms with van der Waals surface area (Å²) < 4.78 is 4.99. The van der Waals surface area contributed by atoms with Gasteiger partial charge in [-0.3, -0.25) is 14.6 Å². The molecule has 0 aromatic carbocycles. The minimum absolute atomic E-state index is 0.142. The van der Waals surface area contributed by atoms with Crippen molar-refractivity contribution < 1.29 is 19.4 Å². The van der Waals surface area contributed by atoms with Crippen LogP contribution in [0, 0.1) is 5.92 Å². The van der Waals surface area contributed by atoms with Crippen LogP contribution in [0.25, 0.3) is 0 Å². The fourth-order valence-corrected chi connectivity index (χ4v) is 2.51. The number of carbonyl (C=O) groups is 2. The van der Waals surface area contributed by atoms with Gasteiger partial charge in [0.1, 0.15) is 6.04 Å². The van der Waals surface area contributed by atoms with Crippen molar-refractivity contribution in [2.24, 2.45) is 5.92 Å². The molecule has 0 aliphatic rings. The fraction of sp³-hybridized carbons (Fsp3) is 0.647. The number of esters is 1. The number of rotatable bonds is 10. The summed E-state index contributed by atoms with van der Waals surface area (Å²) in [6.45, 7) is 5.90. The molecule has 1 aromatic rings. The van der Waals surface area contributed by atoms with Crippen molar-refractivity contribution in [2.45, 2.75) is 58.9 Å². The highest BCUT2D eigenvalue weighted by molar-refractivity contribution is 5.84. The monoisotopic (exact) mass is 368 g/mol. The number of aromatic hydroxyl groups is 1. The van der Waals surface area contributed by atoms with Gasteiger partial charge in [0.2, 0.25) is 17.7 Å². The Kier molecular flexibility index (Phi) is 8.60. The van der Waals surface area contributed by atoms with Crippen molar-refractivity contribution in [3.63, 3.8) is 0 Å². The van der Waals surface area contributed by atoms with E-state index < -0.39 is 23.5 Å². The average molecular weight is 368 g/mol. The van der Waals surface area contributed by atoms with Crippen LogP contribution in [-0.4, -0.2) is 39.6 Å². The molecule has 5 N–H and O–H groups in total. The molecule has 0 bridgehead atoms. The number of aromatic nitrogens is 2. The quantitative estimate of drug-likeness (QED) is 0.354. The highest BCUT2D eigenvalue weighted by Crippen LogP contribution is 2.13.